The van der Waals surface area contributed by atoms with Gasteiger partial charge in [-0.05, 0) is 71.7 Å². The molecule has 0 fully saturated rings. The lowest BCUT2D eigenvalue weighted by molar-refractivity contribution is -0.166. The molecule has 1 atom stereocenters. The van der Waals surface area contributed by atoms with Crippen molar-refractivity contribution in [2.24, 2.45) is 7.05 Å². The first kappa shape index (κ1) is 26.9. The lowest BCUT2D eigenvalue weighted by Gasteiger charge is -2.29. The number of rotatable bonds is 7. The van der Waals surface area contributed by atoms with E-state index < -0.39 is 17.7 Å². The van der Waals surface area contributed by atoms with Gasteiger partial charge in [0.2, 0.25) is 0 Å². The molecule has 0 aliphatic carbocycles. The maximum Gasteiger partial charge on any atom is 0.340 e. The van der Waals surface area contributed by atoms with E-state index in [9.17, 15) is 4.79 Å². The summed E-state index contributed by atoms with van der Waals surface area (Å²) in [5.41, 5.74) is 6.80. The van der Waals surface area contributed by atoms with E-state index in [1.54, 1.807) is 11.6 Å². The van der Waals surface area contributed by atoms with E-state index in [4.69, 9.17) is 26.1 Å². The van der Waals surface area contributed by atoms with Gasteiger partial charge in [0.15, 0.2) is 6.10 Å². The van der Waals surface area contributed by atoms with Gasteiger partial charge in [-0.1, -0.05) is 23.7 Å². The molecule has 4 rings (SSSR count). The van der Waals surface area contributed by atoms with Gasteiger partial charge in [-0.3, -0.25) is 4.68 Å². The maximum absolute atomic E-state index is 13.3. The zero-order valence-corrected chi connectivity index (χ0v) is 23.6. The molecule has 0 bridgehead atoms. The standard InChI is InChI=1S/C29H35ClN4O3/c1-9-36-28(35)26(37-29(5,6)7)24-18(3)32-27-23(25(24)21-10-12-22(30)13-11-21)17(2)19(4)34(27)16-20-14-31-33(8)15-20/h10-15,26H,9,16H2,1-8H3/t26-/m0/s1. The van der Waals surface area contributed by atoms with E-state index in [1.165, 1.54) is 0 Å². The number of ether oxygens (including phenoxy) is 2. The predicted octanol–water partition coefficient (Wildman–Crippen LogP) is 6.48. The molecule has 0 unspecified atom stereocenters. The summed E-state index contributed by atoms with van der Waals surface area (Å²) in [7, 11) is 1.91. The van der Waals surface area contributed by atoms with Crippen LogP contribution in [-0.4, -0.2) is 37.5 Å². The van der Waals surface area contributed by atoms with Gasteiger partial charge in [-0.15, -0.1) is 0 Å². The third-order valence-corrected chi connectivity index (χ3v) is 6.70. The number of esters is 1. The number of fused-ring (bicyclic) bond motifs is 1. The Morgan fingerprint density at radius 2 is 1.81 bits per heavy atom. The van der Waals surface area contributed by atoms with Crippen LogP contribution in [0.15, 0.2) is 36.7 Å². The van der Waals surface area contributed by atoms with E-state index in [-0.39, 0.29) is 6.61 Å². The molecule has 4 aromatic rings. The van der Waals surface area contributed by atoms with Crippen molar-refractivity contribution in [1.82, 2.24) is 19.3 Å². The molecular weight excluding hydrogens is 488 g/mol. The van der Waals surface area contributed by atoms with Gasteiger partial charge < -0.3 is 14.0 Å². The first-order valence-electron chi connectivity index (χ1n) is 12.5. The molecule has 196 valence electrons. The van der Waals surface area contributed by atoms with Crippen molar-refractivity contribution in [1.29, 1.82) is 0 Å². The topological polar surface area (TPSA) is 71.2 Å². The van der Waals surface area contributed by atoms with E-state index >= 15 is 0 Å². The molecule has 0 radical (unpaired) electrons. The number of pyridine rings is 1. The monoisotopic (exact) mass is 522 g/mol. The summed E-state index contributed by atoms with van der Waals surface area (Å²) in [6.45, 7) is 14.6. The largest absolute Gasteiger partial charge is 0.464 e. The summed E-state index contributed by atoms with van der Waals surface area (Å²) in [5, 5.41) is 5.95. The Balaban J connectivity index is 2.07. The van der Waals surface area contributed by atoms with Crippen LogP contribution in [0.3, 0.4) is 0 Å². The summed E-state index contributed by atoms with van der Waals surface area (Å²) >= 11 is 6.26. The van der Waals surface area contributed by atoms with Crippen LogP contribution >= 0.6 is 11.6 Å². The van der Waals surface area contributed by atoms with Crippen LogP contribution in [0.4, 0.5) is 0 Å². The number of carbonyl (C=O) groups excluding carboxylic acids is 1. The quantitative estimate of drug-likeness (QED) is 0.260. The Labute approximate surface area is 223 Å². The lowest BCUT2D eigenvalue weighted by atomic mass is 9.91. The Bertz CT molecular complexity index is 1450. The number of carbonyl (C=O) groups is 1. The molecule has 0 aliphatic heterocycles. The van der Waals surface area contributed by atoms with E-state index in [2.05, 4.69) is 23.5 Å². The van der Waals surface area contributed by atoms with Crippen molar-refractivity contribution in [3.63, 3.8) is 0 Å². The number of hydrogen-bond acceptors (Lipinski definition) is 5. The molecule has 0 saturated heterocycles. The Kier molecular flexibility index (Phi) is 7.49. The molecular formula is C29H35ClN4O3. The number of aromatic nitrogens is 4. The van der Waals surface area contributed by atoms with Gasteiger partial charge in [0.1, 0.15) is 5.65 Å². The summed E-state index contributed by atoms with van der Waals surface area (Å²) in [4.78, 5) is 18.4. The number of nitrogens with zero attached hydrogens (tertiary/aromatic N) is 4. The van der Waals surface area contributed by atoms with Crippen molar-refractivity contribution in [2.45, 2.75) is 66.7 Å². The van der Waals surface area contributed by atoms with Crippen LogP contribution in [0.25, 0.3) is 22.2 Å². The van der Waals surface area contributed by atoms with Crippen molar-refractivity contribution < 1.29 is 14.3 Å². The van der Waals surface area contributed by atoms with Gasteiger partial charge in [-0.2, -0.15) is 5.10 Å². The average molecular weight is 523 g/mol. The Morgan fingerprint density at radius 1 is 1.14 bits per heavy atom. The molecule has 8 heteroatoms. The molecule has 0 spiro atoms. The fourth-order valence-electron chi connectivity index (χ4n) is 4.76. The summed E-state index contributed by atoms with van der Waals surface area (Å²) in [6, 6.07) is 7.68. The van der Waals surface area contributed by atoms with E-state index in [0.29, 0.717) is 22.8 Å². The molecule has 1 aromatic carbocycles. The molecule has 0 amide bonds. The maximum atomic E-state index is 13.3. The fourth-order valence-corrected chi connectivity index (χ4v) is 4.88. The smallest absolute Gasteiger partial charge is 0.340 e. The van der Waals surface area contributed by atoms with Gasteiger partial charge in [0.25, 0.3) is 0 Å². The lowest BCUT2D eigenvalue weighted by Crippen LogP contribution is -2.30. The first-order valence-corrected chi connectivity index (χ1v) is 12.9. The average Bonchev–Trinajstić information content (AvgIpc) is 3.33. The van der Waals surface area contributed by atoms with E-state index in [0.717, 1.165) is 39.0 Å². The molecule has 0 aliphatic rings. The molecule has 7 nitrogen and oxygen atoms in total. The SMILES string of the molecule is CCOC(=O)[C@@H](OC(C)(C)C)c1c(C)nc2c(c(C)c(C)n2Cc2cnn(C)c2)c1-c1ccc(Cl)cc1. The summed E-state index contributed by atoms with van der Waals surface area (Å²) in [5.74, 6) is -0.430. The number of halogens is 1. The van der Waals surface area contributed by atoms with Gasteiger partial charge >= 0.3 is 5.97 Å². The molecule has 3 heterocycles. The Morgan fingerprint density at radius 3 is 2.38 bits per heavy atom. The van der Waals surface area contributed by atoms with Crippen molar-refractivity contribution in [3.05, 3.63) is 69.8 Å². The number of benzene rings is 1. The highest BCUT2D eigenvalue weighted by Gasteiger charge is 2.34. The zero-order valence-electron chi connectivity index (χ0n) is 22.8. The van der Waals surface area contributed by atoms with Crippen LogP contribution < -0.4 is 0 Å². The second-order valence-corrected chi connectivity index (χ2v) is 10.8. The predicted molar refractivity (Wildman–Crippen MR) is 147 cm³/mol. The first-order chi connectivity index (χ1) is 17.4. The normalized spacial score (nSPS) is 12.8. The summed E-state index contributed by atoms with van der Waals surface area (Å²) in [6.07, 6.45) is 2.94. The molecule has 37 heavy (non-hydrogen) atoms. The minimum atomic E-state index is -0.941. The van der Waals surface area contributed by atoms with Crippen LogP contribution in [0.5, 0.6) is 0 Å². The van der Waals surface area contributed by atoms with Crippen LogP contribution in [-0.2, 0) is 27.9 Å². The second-order valence-electron chi connectivity index (χ2n) is 10.4. The minimum absolute atomic E-state index is 0.257. The molecule has 3 aromatic heterocycles. The molecule has 0 N–H and O–H groups in total. The van der Waals surface area contributed by atoms with Crippen molar-refractivity contribution in [2.75, 3.05) is 6.61 Å². The third-order valence-electron chi connectivity index (χ3n) is 6.45. The minimum Gasteiger partial charge on any atom is -0.464 e. The highest BCUT2D eigenvalue weighted by molar-refractivity contribution is 6.30. The van der Waals surface area contributed by atoms with E-state index in [1.807, 2.05) is 71.4 Å². The Hall–Kier alpha value is -3.16. The van der Waals surface area contributed by atoms with Crippen LogP contribution in [0.2, 0.25) is 5.02 Å². The van der Waals surface area contributed by atoms with Crippen LogP contribution in [0, 0.1) is 20.8 Å². The van der Waals surface area contributed by atoms with Crippen molar-refractivity contribution >= 4 is 28.6 Å². The molecule has 0 saturated carbocycles. The highest BCUT2D eigenvalue weighted by Crippen LogP contribution is 2.42. The number of aryl methyl sites for hydroxylation is 3. The van der Waals surface area contributed by atoms with Crippen molar-refractivity contribution in [3.8, 4) is 11.1 Å². The third kappa shape index (κ3) is 5.43. The second kappa shape index (κ2) is 10.3. The van der Waals surface area contributed by atoms with Gasteiger partial charge in [0, 0.05) is 51.7 Å². The van der Waals surface area contributed by atoms with Gasteiger partial charge in [-0.25, -0.2) is 9.78 Å². The number of hydrogen-bond donors (Lipinski definition) is 0. The zero-order chi connectivity index (χ0) is 27.1. The fraction of sp³-hybridized carbons (Fsp3) is 0.414. The summed E-state index contributed by atoms with van der Waals surface area (Å²) < 4.78 is 15.9. The van der Waals surface area contributed by atoms with Gasteiger partial charge in [0.05, 0.1) is 24.9 Å². The highest BCUT2D eigenvalue weighted by atomic mass is 35.5. The van der Waals surface area contributed by atoms with Crippen LogP contribution in [0.1, 0.15) is 61.9 Å².